The molecule has 0 aliphatic carbocycles. The highest BCUT2D eigenvalue weighted by Gasteiger charge is 2.20. The number of non-ortho nitro benzene ring substituents is 1. The average Bonchev–Trinajstić information content (AvgIpc) is 3.07. The van der Waals surface area contributed by atoms with Crippen molar-refractivity contribution >= 4 is 33.5 Å². The molecule has 2 aromatic carbocycles. The zero-order chi connectivity index (χ0) is 20.7. The van der Waals surface area contributed by atoms with Gasteiger partial charge in [0, 0.05) is 22.7 Å². The first-order chi connectivity index (χ1) is 13.9. The minimum atomic E-state index is -0.760. The summed E-state index contributed by atoms with van der Waals surface area (Å²) in [7, 11) is 0. The molecule has 2 heterocycles. The molecule has 146 valence electrons. The molecule has 0 saturated heterocycles. The molecule has 1 N–H and O–H groups in total. The van der Waals surface area contributed by atoms with Crippen molar-refractivity contribution in [3.63, 3.8) is 0 Å². The van der Waals surface area contributed by atoms with E-state index in [1.165, 1.54) is 22.9 Å². The van der Waals surface area contributed by atoms with Gasteiger partial charge in [0.05, 0.1) is 23.2 Å². The Balaban J connectivity index is 1.88. The van der Waals surface area contributed by atoms with E-state index in [0.717, 1.165) is 12.1 Å². The van der Waals surface area contributed by atoms with Gasteiger partial charge in [-0.15, -0.1) is 0 Å². The fraction of sp³-hybridized carbons (Fsp3) is 0.100. The maximum Gasteiger partial charge on any atom is 0.338 e. The van der Waals surface area contributed by atoms with E-state index in [2.05, 4.69) is 4.98 Å². The van der Waals surface area contributed by atoms with Crippen LogP contribution in [0.3, 0.4) is 0 Å². The number of H-pyrrole nitrogens is 1. The molecule has 4 aromatic rings. The van der Waals surface area contributed by atoms with Crippen LogP contribution in [0.4, 0.5) is 10.1 Å². The highest BCUT2D eigenvalue weighted by Crippen LogP contribution is 2.31. The lowest BCUT2D eigenvalue weighted by Gasteiger charge is -2.07. The maximum atomic E-state index is 13.8. The highest BCUT2D eigenvalue weighted by atomic mass is 19.1. The second-order valence-corrected chi connectivity index (χ2v) is 6.28. The van der Waals surface area contributed by atoms with E-state index >= 15 is 0 Å². The molecule has 0 saturated carbocycles. The fourth-order valence-corrected chi connectivity index (χ4v) is 3.26. The number of aromatic nitrogens is 2. The lowest BCUT2D eigenvalue weighted by molar-refractivity contribution is -0.383. The van der Waals surface area contributed by atoms with Gasteiger partial charge in [-0.2, -0.15) is 0 Å². The topological polar surface area (TPSA) is 107 Å². The molecule has 0 aliphatic heterocycles. The van der Waals surface area contributed by atoms with Crippen LogP contribution in [-0.2, 0) is 4.74 Å². The Hall–Kier alpha value is -4.01. The van der Waals surface area contributed by atoms with E-state index in [0.29, 0.717) is 16.6 Å². The number of nitrogens with one attached hydrogen (secondary N) is 1. The number of ether oxygens (including phenoxy) is 1. The molecule has 0 atom stereocenters. The Morgan fingerprint density at radius 1 is 1.17 bits per heavy atom. The predicted molar refractivity (Wildman–Crippen MR) is 104 cm³/mol. The van der Waals surface area contributed by atoms with Gasteiger partial charge in [0.1, 0.15) is 16.9 Å². The van der Waals surface area contributed by atoms with Crippen molar-refractivity contribution in [3.05, 3.63) is 80.5 Å². The number of nitrogens with zero attached hydrogens (tertiary/aromatic N) is 2. The summed E-state index contributed by atoms with van der Waals surface area (Å²) in [5, 5.41) is 11.9. The van der Waals surface area contributed by atoms with Crippen molar-refractivity contribution in [1.82, 2.24) is 9.55 Å². The molecule has 0 unspecified atom stereocenters. The number of aromatic amines is 1. The van der Waals surface area contributed by atoms with Crippen molar-refractivity contribution in [1.29, 1.82) is 0 Å². The number of hydrogen-bond donors (Lipinski definition) is 1. The number of esters is 1. The highest BCUT2D eigenvalue weighted by molar-refractivity contribution is 6.09. The number of nitro benzene ring substituents is 1. The summed E-state index contributed by atoms with van der Waals surface area (Å²) >= 11 is 0. The van der Waals surface area contributed by atoms with Crippen LogP contribution in [-0.4, -0.2) is 27.1 Å². The van der Waals surface area contributed by atoms with Crippen LogP contribution >= 0.6 is 0 Å². The summed E-state index contributed by atoms with van der Waals surface area (Å²) in [6.07, 6.45) is 1.49. The quantitative estimate of drug-likeness (QED) is 0.322. The molecule has 0 bridgehead atoms. The normalized spacial score (nSPS) is 11.1. The van der Waals surface area contributed by atoms with Crippen LogP contribution < -0.4 is 5.56 Å². The first-order valence-corrected chi connectivity index (χ1v) is 8.69. The van der Waals surface area contributed by atoms with Gasteiger partial charge in [-0.05, 0) is 43.3 Å². The Labute approximate surface area is 162 Å². The third-order valence-electron chi connectivity index (χ3n) is 4.57. The number of halogens is 1. The van der Waals surface area contributed by atoms with Crippen LogP contribution in [0, 0.1) is 15.9 Å². The number of hydrogen-bond acceptors (Lipinski definition) is 5. The number of fused-ring (bicyclic) bond motifs is 3. The van der Waals surface area contributed by atoms with E-state index < -0.39 is 28.0 Å². The lowest BCUT2D eigenvalue weighted by atomic mass is 10.1. The van der Waals surface area contributed by atoms with Gasteiger partial charge in [0.15, 0.2) is 0 Å². The van der Waals surface area contributed by atoms with Gasteiger partial charge in [0.25, 0.3) is 11.2 Å². The minimum Gasteiger partial charge on any atom is -0.462 e. The first kappa shape index (κ1) is 18.4. The molecular formula is C20H14FN3O5. The molecule has 0 spiro atoms. The molecule has 2 aromatic heterocycles. The second-order valence-electron chi connectivity index (χ2n) is 6.28. The molecule has 0 amide bonds. The van der Waals surface area contributed by atoms with E-state index in [9.17, 15) is 24.1 Å². The molecular weight excluding hydrogens is 381 g/mol. The molecule has 9 heteroatoms. The number of rotatable bonds is 4. The fourth-order valence-electron chi connectivity index (χ4n) is 3.26. The SMILES string of the molecule is CCOC(=O)c1ccc(-n2ccc3c([nH]c4c([N+](=O)[O-])cc(F)cc43)c2=O)cc1. The first-order valence-electron chi connectivity index (χ1n) is 8.69. The number of pyridine rings is 1. The Morgan fingerprint density at radius 3 is 2.55 bits per heavy atom. The lowest BCUT2D eigenvalue weighted by Crippen LogP contribution is -2.17. The largest absolute Gasteiger partial charge is 0.462 e. The summed E-state index contributed by atoms with van der Waals surface area (Å²) in [5.41, 5.74) is 0.133. The van der Waals surface area contributed by atoms with E-state index in [1.54, 1.807) is 25.1 Å². The molecule has 4 rings (SSSR count). The zero-order valence-electron chi connectivity index (χ0n) is 15.1. The minimum absolute atomic E-state index is 0.0823. The zero-order valence-corrected chi connectivity index (χ0v) is 15.1. The third kappa shape index (κ3) is 3.02. The van der Waals surface area contributed by atoms with Crippen molar-refractivity contribution in [2.45, 2.75) is 6.92 Å². The molecule has 8 nitrogen and oxygen atoms in total. The smallest absolute Gasteiger partial charge is 0.338 e. The van der Waals surface area contributed by atoms with Gasteiger partial charge in [0.2, 0.25) is 0 Å². The van der Waals surface area contributed by atoms with Gasteiger partial charge >= 0.3 is 5.97 Å². The Kier molecular flexibility index (Phi) is 4.34. The molecule has 0 fully saturated rings. The molecule has 29 heavy (non-hydrogen) atoms. The second kappa shape index (κ2) is 6.86. The van der Waals surface area contributed by atoms with Gasteiger partial charge < -0.3 is 9.72 Å². The van der Waals surface area contributed by atoms with Crippen LogP contribution in [0.25, 0.3) is 27.5 Å². The third-order valence-corrected chi connectivity index (χ3v) is 4.57. The van der Waals surface area contributed by atoms with Crippen molar-refractivity contribution in [2.75, 3.05) is 6.61 Å². The maximum absolute atomic E-state index is 13.8. The van der Waals surface area contributed by atoms with Crippen LogP contribution in [0.5, 0.6) is 0 Å². The number of carbonyl (C=O) groups is 1. The van der Waals surface area contributed by atoms with Crippen molar-refractivity contribution in [2.24, 2.45) is 0 Å². The van der Waals surface area contributed by atoms with Crippen LogP contribution in [0.1, 0.15) is 17.3 Å². The van der Waals surface area contributed by atoms with Gasteiger partial charge in [-0.3, -0.25) is 19.5 Å². The number of nitro groups is 1. The number of benzene rings is 2. The predicted octanol–water partition coefficient (Wildman–Crippen LogP) is 3.70. The van der Waals surface area contributed by atoms with E-state index in [4.69, 9.17) is 4.74 Å². The number of carbonyl (C=O) groups excluding carboxylic acids is 1. The summed E-state index contributed by atoms with van der Waals surface area (Å²) in [6.45, 7) is 1.96. The monoisotopic (exact) mass is 395 g/mol. The average molecular weight is 395 g/mol. The van der Waals surface area contributed by atoms with Crippen molar-refractivity contribution < 1.29 is 18.8 Å². The summed E-state index contributed by atoms with van der Waals surface area (Å²) < 4.78 is 20.1. The van der Waals surface area contributed by atoms with Crippen LogP contribution in [0.15, 0.2) is 53.5 Å². The summed E-state index contributed by atoms with van der Waals surface area (Å²) in [4.78, 5) is 38.0. The summed E-state index contributed by atoms with van der Waals surface area (Å²) in [6, 6.07) is 9.79. The summed E-state index contributed by atoms with van der Waals surface area (Å²) in [5.74, 6) is -1.23. The Bertz CT molecular complexity index is 1340. The van der Waals surface area contributed by atoms with Crippen LogP contribution in [0.2, 0.25) is 0 Å². The Morgan fingerprint density at radius 2 is 1.90 bits per heavy atom. The van der Waals surface area contributed by atoms with Gasteiger partial charge in [-0.25, -0.2) is 9.18 Å². The van der Waals surface area contributed by atoms with Crippen molar-refractivity contribution in [3.8, 4) is 5.69 Å². The standard InChI is InChI=1S/C20H14FN3O5/c1-2-29-20(26)11-3-5-13(6-4-11)23-8-7-14-15-9-12(21)10-16(24(27)28)17(15)22-18(14)19(23)25/h3-10,22H,2H2,1H3. The molecule has 0 aliphatic rings. The van der Waals surface area contributed by atoms with E-state index in [-0.39, 0.29) is 23.0 Å². The van der Waals surface area contributed by atoms with E-state index in [1.807, 2.05) is 0 Å². The van der Waals surface area contributed by atoms with Gasteiger partial charge in [-0.1, -0.05) is 0 Å². The molecule has 0 radical (unpaired) electrons.